The topological polar surface area (TPSA) is 18.5 Å². The summed E-state index contributed by atoms with van der Waals surface area (Å²) >= 11 is 0. The van der Waals surface area contributed by atoms with E-state index in [1.807, 2.05) is 0 Å². The van der Waals surface area contributed by atoms with Gasteiger partial charge < -0.3 is 9.47 Å². The Bertz CT molecular complexity index is 3770. The van der Waals surface area contributed by atoms with E-state index in [9.17, 15) is 0 Å². The summed E-state index contributed by atoms with van der Waals surface area (Å²) in [4.78, 5) is 0. The number of benzene rings is 12. The lowest BCUT2D eigenvalue weighted by Crippen LogP contribution is -2.28. The maximum absolute atomic E-state index is 5.89. The molecule has 0 fully saturated rings. The first-order chi connectivity index (χ1) is 38.1. The van der Waals surface area contributed by atoms with E-state index in [1.165, 1.54) is 77.9 Å². The Morgan fingerprint density at radius 3 is 0.740 bits per heavy atom. The molecule has 0 atom stereocenters. The normalized spacial score (nSPS) is 12.1. The van der Waals surface area contributed by atoms with Crippen LogP contribution in [0.2, 0.25) is 0 Å². The van der Waals surface area contributed by atoms with Gasteiger partial charge in [-0.05, 0) is 159 Å². The monoisotopic (exact) mass is 986 g/mol. The number of methoxy groups -OCH3 is 2. The van der Waals surface area contributed by atoms with Gasteiger partial charge in [0.15, 0.2) is 0 Å². The molecule has 0 N–H and O–H groups in total. The lowest BCUT2D eigenvalue weighted by Gasteiger charge is -2.35. The number of rotatable bonds is 12. The molecule has 0 unspecified atom stereocenters. The first-order valence-corrected chi connectivity index (χ1v) is 26.4. The highest BCUT2D eigenvalue weighted by Gasteiger charge is 2.47. The van der Waals surface area contributed by atoms with Crippen LogP contribution in [-0.2, 0) is 5.41 Å². The maximum Gasteiger partial charge on any atom is 0.118 e. The average Bonchev–Trinajstić information content (AvgIpc) is 3.83. The van der Waals surface area contributed by atoms with E-state index in [4.69, 9.17) is 9.47 Å². The van der Waals surface area contributed by atoms with Crippen molar-refractivity contribution in [1.82, 2.24) is 0 Å². The summed E-state index contributed by atoms with van der Waals surface area (Å²) < 4.78 is 11.8. The molecule has 77 heavy (non-hydrogen) atoms. The van der Waals surface area contributed by atoms with Crippen LogP contribution >= 0.6 is 0 Å². The van der Waals surface area contributed by atoms with E-state index in [2.05, 4.69) is 291 Å². The van der Waals surface area contributed by atoms with E-state index >= 15 is 0 Å². The molecule has 1 aliphatic carbocycles. The molecule has 0 saturated carbocycles. The number of hydrogen-bond acceptors (Lipinski definition) is 2. The lowest BCUT2D eigenvalue weighted by atomic mass is 9.67. The van der Waals surface area contributed by atoms with Gasteiger partial charge in [0.05, 0.1) is 19.6 Å². The molecule has 2 nitrogen and oxygen atoms in total. The van der Waals surface area contributed by atoms with E-state index in [0.717, 1.165) is 56.0 Å². The van der Waals surface area contributed by atoms with Gasteiger partial charge in [-0.25, -0.2) is 0 Å². The molecular weight excluding hydrogens is 933 g/mol. The molecule has 0 bridgehead atoms. The van der Waals surface area contributed by atoms with Crippen molar-refractivity contribution in [3.63, 3.8) is 0 Å². The molecule has 12 aromatic rings. The molecule has 2 heteroatoms. The molecule has 12 aromatic carbocycles. The minimum Gasteiger partial charge on any atom is -0.497 e. The minimum atomic E-state index is -0.817. The standard InChI is InChI=1S/C75H54O2/c1-76-61-39-35-59(36-40-61)75(60-37-41-62(77-2)42-38-60)69-49-57(73-65(53-25-13-5-14-26-53)47-45-63(51-21-9-3-10-22-51)71(73)55-29-17-7-18-30-55)33-43-67(69)68-44-34-58(50-70(68)75)74-66(54-27-15-6-16-28-54)48-46-64(52-23-11-4-12-24-52)72(74)56-31-19-8-20-32-56/h3-50H,1-2H3. The third kappa shape index (κ3) is 8.23. The number of fused-ring (bicyclic) bond motifs is 3. The molecule has 366 valence electrons. The number of hydrogen-bond donors (Lipinski definition) is 0. The van der Waals surface area contributed by atoms with Crippen molar-refractivity contribution in [2.24, 2.45) is 0 Å². The fraction of sp³-hybridized carbons (Fsp3) is 0.0400. The smallest absolute Gasteiger partial charge is 0.118 e. The Labute approximate surface area is 451 Å². The summed E-state index contributed by atoms with van der Waals surface area (Å²) in [7, 11) is 3.48. The third-order valence-electron chi connectivity index (χ3n) is 15.6. The Kier molecular flexibility index (Phi) is 12.3. The molecule has 1 aliphatic rings. The Morgan fingerprint density at radius 2 is 0.468 bits per heavy atom. The average molecular weight is 987 g/mol. The summed E-state index contributed by atoms with van der Waals surface area (Å²) in [6.07, 6.45) is 0. The summed E-state index contributed by atoms with van der Waals surface area (Å²) in [5, 5.41) is 0. The second-order valence-corrected chi connectivity index (χ2v) is 19.7. The van der Waals surface area contributed by atoms with Gasteiger partial charge in [0, 0.05) is 0 Å². The second-order valence-electron chi connectivity index (χ2n) is 19.7. The van der Waals surface area contributed by atoms with Crippen LogP contribution in [0.25, 0.3) is 100 Å². The fourth-order valence-electron chi connectivity index (χ4n) is 12.2. The zero-order chi connectivity index (χ0) is 51.7. The van der Waals surface area contributed by atoms with Gasteiger partial charge in [0.2, 0.25) is 0 Å². The Balaban J connectivity index is 1.15. The molecule has 0 saturated heterocycles. The second kappa shape index (κ2) is 20.2. The van der Waals surface area contributed by atoms with Gasteiger partial charge in [0.25, 0.3) is 0 Å². The summed E-state index contributed by atoms with van der Waals surface area (Å²) in [6.45, 7) is 0. The van der Waals surface area contributed by atoms with Gasteiger partial charge in [-0.3, -0.25) is 0 Å². The zero-order valence-corrected chi connectivity index (χ0v) is 43.0. The van der Waals surface area contributed by atoms with Crippen LogP contribution in [0.15, 0.2) is 291 Å². The quantitative estimate of drug-likeness (QED) is 0.121. The van der Waals surface area contributed by atoms with Gasteiger partial charge in [-0.2, -0.15) is 0 Å². The van der Waals surface area contributed by atoms with E-state index in [1.54, 1.807) is 14.2 Å². The van der Waals surface area contributed by atoms with E-state index in [0.29, 0.717) is 0 Å². The van der Waals surface area contributed by atoms with Crippen molar-refractivity contribution in [1.29, 1.82) is 0 Å². The fourth-order valence-corrected chi connectivity index (χ4v) is 12.2. The van der Waals surface area contributed by atoms with Crippen LogP contribution in [-0.4, -0.2) is 14.2 Å². The molecular formula is C75H54O2. The Morgan fingerprint density at radius 1 is 0.221 bits per heavy atom. The molecule has 0 heterocycles. The number of ether oxygens (including phenoxy) is 2. The van der Waals surface area contributed by atoms with Crippen LogP contribution in [0.3, 0.4) is 0 Å². The summed E-state index contributed by atoms with van der Waals surface area (Å²) in [5.74, 6) is 1.60. The highest BCUT2D eigenvalue weighted by molar-refractivity contribution is 6.05. The maximum atomic E-state index is 5.89. The van der Waals surface area contributed by atoms with E-state index < -0.39 is 5.41 Å². The van der Waals surface area contributed by atoms with Gasteiger partial charge in [0.1, 0.15) is 11.5 Å². The first kappa shape index (κ1) is 47.0. The van der Waals surface area contributed by atoms with Crippen molar-refractivity contribution in [2.45, 2.75) is 5.41 Å². The molecule has 0 amide bonds. The van der Waals surface area contributed by atoms with Crippen LogP contribution in [0.1, 0.15) is 22.3 Å². The van der Waals surface area contributed by atoms with Crippen LogP contribution < -0.4 is 9.47 Å². The predicted octanol–water partition coefficient (Wildman–Crippen LogP) is 19.4. The SMILES string of the molecule is COc1ccc(C2(c3ccc(OC)cc3)c3cc(-c4c(-c5ccccc5)ccc(-c5ccccc5)c4-c4ccccc4)ccc3-c3ccc(-c4c(-c5ccccc5)ccc(-c5ccccc5)c4-c4ccccc4)cc32)cc1. The highest BCUT2D eigenvalue weighted by atomic mass is 16.5. The van der Waals surface area contributed by atoms with Crippen molar-refractivity contribution in [3.8, 4) is 112 Å². The summed E-state index contributed by atoms with van der Waals surface area (Å²) in [6, 6.07) is 107. The van der Waals surface area contributed by atoms with Crippen LogP contribution in [0.4, 0.5) is 0 Å². The van der Waals surface area contributed by atoms with Crippen molar-refractivity contribution >= 4 is 0 Å². The first-order valence-electron chi connectivity index (χ1n) is 26.4. The van der Waals surface area contributed by atoms with Gasteiger partial charge in [-0.15, -0.1) is 0 Å². The predicted molar refractivity (Wildman–Crippen MR) is 320 cm³/mol. The highest BCUT2D eigenvalue weighted by Crippen LogP contribution is 2.59. The molecule has 0 spiro atoms. The minimum absolute atomic E-state index is 0.801. The van der Waals surface area contributed by atoms with E-state index in [-0.39, 0.29) is 0 Å². The third-order valence-corrected chi connectivity index (χ3v) is 15.6. The van der Waals surface area contributed by atoms with Crippen LogP contribution in [0.5, 0.6) is 11.5 Å². The zero-order valence-electron chi connectivity index (χ0n) is 43.0. The van der Waals surface area contributed by atoms with Crippen molar-refractivity contribution in [3.05, 3.63) is 313 Å². The lowest BCUT2D eigenvalue weighted by molar-refractivity contribution is 0.414. The molecule has 13 rings (SSSR count). The van der Waals surface area contributed by atoms with Gasteiger partial charge in [-0.1, -0.05) is 255 Å². The summed E-state index contributed by atoms with van der Waals surface area (Å²) in [5.41, 5.74) is 24.9. The largest absolute Gasteiger partial charge is 0.497 e. The van der Waals surface area contributed by atoms with Crippen LogP contribution in [0, 0.1) is 0 Å². The molecule has 0 aliphatic heterocycles. The molecule has 0 aromatic heterocycles. The molecule has 0 radical (unpaired) electrons. The van der Waals surface area contributed by atoms with Crippen molar-refractivity contribution in [2.75, 3.05) is 14.2 Å². The van der Waals surface area contributed by atoms with Gasteiger partial charge >= 0.3 is 0 Å². The van der Waals surface area contributed by atoms with Crippen molar-refractivity contribution < 1.29 is 9.47 Å². The Hall–Kier alpha value is -9.76.